The molecule has 2 saturated carbocycles. The van der Waals surface area contributed by atoms with E-state index in [1.54, 1.807) is 6.92 Å². The molecule has 2 aliphatic carbocycles. The molecular formula is C10H18O3. The number of hydrogen-bond donors (Lipinski definition) is 2. The maximum absolute atomic E-state index is 9.77. The van der Waals surface area contributed by atoms with E-state index in [0.29, 0.717) is 17.3 Å². The van der Waals surface area contributed by atoms with Gasteiger partial charge in [0.25, 0.3) is 0 Å². The second kappa shape index (κ2) is 2.47. The highest BCUT2D eigenvalue weighted by molar-refractivity contribution is 5.13. The highest BCUT2D eigenvalue weighted by Crippen LogP contribution is 2.66. The highest BCUT2D eigenvalue weighted by atomic mass is 17.1. The van der Waals surface area contributed by atoms with Crippen molar-refractivity contribution in [2.45, 2.75) is 45.3 Å². The summed E-state index contributed by atoms with van der Waals surface area (Å²) < 4.78 is 0. The molecule has 3 nitrogen and oxygen atoms in total. The average Bonchev–Trinajstić information content (AvgIpc) is 2.56. The first kappa shape index (κ1) is 9.44. The molecule has 0 aromatic heterocycles. The lowest BCUT2D eigenvalue weighted by atomic mass is 9.84. The minimum atomic E-state index is -0.741. The van der Waals surface area contributed by atoms with Crippen molar-refractivity contribution < 1.29 is 15.3 Å². The van der Waals surface area contributed by atoms with Crippen molar-refractivity contribution in [2.75, 3.05) is 0 Å². The lowest BCUT2D eigenvalue weighted by Crippen LogP contribution is -2.44. The Bertz CT molecular complexity index is 226. The predicted molar refractivity (Wildman–Crippen MR) is 48.1 cm³/mol. The molecule has 0 aliphatic heterocycles. The van der Waals surface area contributed by atoms with Gasteiger partial charge in [-0.2, -0.15) is 0 Å². The molecule has 3 heteroatoms. The van der Waals surface area contributed by atoms with E-state index in [9.17, 15) is 5.11 Å². The van der Waals surface area contributed by atoms with Gasteiger partial charge in [-0.25, -0.2) is 4.89 Å². The van der Waals surface area contributed by atoms with Gasteiger partial charge in [0.05, 0.1) is 6.10 Å². The fraction of sp³-hybridized carbons (Fsp3) is 1.00. The van der Waals surface area contributed by atoms with Crippen LogP contribution < -0.4 is 0 Å². The number of aliphatic hydroxyl groups is 1. The number of fused-ring (bicyclic) bond motifs is 1. The van der Waals surface area contributed by atoms with Crippen molar-refractivity contribution in [3.8, 4) is 0 Å². The van der Waals surface area contributed by atoms with Crippen LogP contribution in [0.4, 0.5) is 0 Å². The molecule has 4 atom stereocenters. The third-order valence-corrected chi connectivity index (χ3v) is 4.30. The van der Waals surface area contributed by atoms with E-state index in [1.165, 1.54) is 0 Å². The van der Waals surface area contributed by atoms with E-state index in [4.69, 9.17) is 5.26 Å². The van der Waals surface area contributed by atoms with Gasteiger partial charge in [0.2, 0.25) is 0 Å². The highest BCUT2D eigenvalue weighted by Gasteiger charge is 2.64. The molecule has 2 N–H and O–H groups in total. The van der Waals surface area contributed by atoms with E-state index in [0.717, 1.165) is 12.8 Å². The van der Waals surface area contributed by atoms with Crippen LogP contribution in [0.5, 0.6) is 0 Å². The summed E-state index contributed by atoms with van der Waals surface area (Å²) in [6.45, 7) is 6.22. The SMILES string of the molecule is CC1(OO)CC2C(CC1O)C2(C)C. The maximum Gasteiger partial charge on any atom is 0.126 e. The van der Waals surface area contributed by atoms with Crippen LogP contribution >= 0.6 is 0 Å². The largest absolute Gasteiger partial charge is 0.390 e. The molecular weight excluding hydrogens is 168 g/mol. The smallest absolute Gasteiger partial charge is 0.126 e. The summed E-state index contributed by atoms with van der Waals surface area (Å²) in [4.78, 5) is 4.43. The summed E-state index contributed by atoms with van der Waals surface area (Å²) >= 11 is 0. The van der Waals surface area contributed by atoms with Crippen molar-refractivity contribution in [2.24, 2.45) is 17.3 Å². The minimum absolute atomic E-state index is 0.331. The summed E-state index contributed by atoms with van der Waals surface area (Å²) in [5.74, 6) is 1.22. The third-order valence-electron chi connectivity index (χ3n) is 4.30. The van der Waals surface area contributed by atoms with E-state index in [-0.39, 0.29) is 0 Å². The zero-order valence-electron chi connectivity index (χ0n) is 8.45. The van der Waals surface area contributed by atoms with Crippen molar-refractivity contribution in [1.82, 2.24) is 0 Å². The summed E-state index contributed by atoms with van der Waals surface area (Å²) in [5, 5.41) is 18.5. The van der Waals surface area contributed by atoms with Crippen LogP contribution in [0.25, 0.3) is 0 Å². The van der Waals surface area contributed by atoms with E-state index in [2.05, 4.69) is 18.7 Å². The van der Waals surface area contributed by atoms with Gasteiger partial charge in [-0.05, 0) is 37.0 Å². The Balaban J connectivity index is 2.13. The Morgan fingerprint density at radius 2 is 1.85 bits per heavy atom. The second-order valence-corrected chi connectivity index (χ2v) is 5.39. The van der Waals surface area contributed by atoms with Gasteiger partial charge in [0.15, 0.2) is 0 Å². The van der Waals surface area contributed by atoms with Crippen molar-refractivity contribution in [3.05, 3.63) is 0 Å². The molecule has 0 amide bonds. The Morgan fingerprint density at radius 3 is 2.38 bits per heavy atom. The quantitative estimate of drug-likeness (QED) is 0.483. The van der Waals surface area contributed by atoms with E-state index >= 15 is 0 Å². The number of hydrogen-bond acceptors (Lipinski definition) is 3. The monoisotopic (exact) mass is 186 g/mol. The fourth-order valence-electron chi connectivity index (χ4n) is 2.89. The topological polar surface area (TPSA) is 49.7 Å². The van der Waals surface area contributed by atoms with Crippen molar-refractivity contribution in [1.29, 1.82) is 0 Å². The van der Waals surface area contributed by atoms with Crippen LogP contribution in [0.1, 0.15) is 33.6 Å². The molecule has 0 heterocycles. The summed E-state index contributed by atoms with van der Waals surface area (Å²) in [6.07, 6.45) is 0.998. The minimum Gasteiger partial charge on any atom is -0.390 e. The molecule has 4 unspecified atom stereocenters. The normalized spacial score (nSPS) is 52.8. The Labute approximate surface area is 78.6 Å². The molecule has 0 aromatic rings. The molecule has 76 valence electrons. The molecule has 0 radical (unpaired) electrons. The molecule has 0 aromatic carbocycles. The first-order chi connectivity index (χ1) is 5.92. The zero-order chi connectivity index (χ0) is 9.85. The predicted octanol–water partition coefficient (Wildman–Crippen LogP) is 1.66. The van der Waals surface area contributed by atoms with E-state index in [1.807, 2.05) is 0 Å². The van der Waals surface area contributed by atoms with Crippen molar-refractivity contribution >= 4 is 0 Å². The molecule has 0 saturated heterocycles. The summed E-state index contributed by atoms with van der Waals surface area (Å²) in [5.41, 5.74) is -0.411. The summed E-state index contributed by atoms with van der Waals surface area (Å²) in [7, 11) is 0. The zero-order valence-corrected chi connectivity index (χ0v) is 8.45. The Hall–Kier alpha value is -0.120. The Morgan fingerprint density at radius 1 is 1.23 bits per heavy atom. The standard InChI is InChI=1S/C10H18O3/c1-9(2)6-4-8(11)10(3,13-12)5-7(6)9/h6-8,11-12H,4-5H2,1-3H3. The van der Waals surface area contributed by atoms with Gasteiger partial charge in [-0.3, -0.25) is 5.26 Å². The van der Waals surface area contributed by atoms with Gasteiger partial charge in [0, 0.05) is 0 Å². The lowest BCUT2D eigenvalue weighted by Gasteiger charge is -2.34. The van der Waals surface area contributed by atoms with Crippen LogP contribution in [-0.2, 0) is 4.89 Å². The van der Waals surface area contributed by atoms with Crippen molar-refractivity contribution in [3.63, 3.8) is 0 Å². The van der Waals surface area contributed by atoms with Crippen LogP contribution in [0.3, 0.4) is 0 Å². The van der Waals surface area contributed by atoms with Gasteiger partial charge < -0.3 is 5.11 Å². The van der Waals surface area contributed by atoms with Crippen LogP contribution in [0, 0.1) is 17.3 Å². The first-order valence-corrected chi connectivity index (χ1v) is 4.92. The molecule has 2 rings (SSSR count). The second-order valence-electron chi connectivity index (χ2n) is 5.39. The Kier molecular flexibility index (Phi) is 1.79. The fourth-order valence-corrected chi connectivity index (χ4v) is 2.89. The first-order valence-electron chi connectivity index (χ1n) is 4.92. The number of aliphatic hydroxyl groups excluding tert-OH is 1. The van der Waals surface area contributed by atoms with Crippen LogP contribution in [-0.4, -0.2) is 22.1 Å². The molecule has 2 fully saturated rings. The average molecular weight is 186 g/mol. The summed E-state index contributed by atoms with van der Waals surface area (Å²) in [6, 6.07) is 0. The van der Waals surface area contributed by atoms with Gasteiger partial charge >= 0.3 is 0 Å². The van der Waals surface area contributed by atoms with Gasteiger partial charge in [-0.15, -0.1) is 0 Å². The van der Waals surface area contributed by atoms with E-state index < -0.39 is 11.7 Å². The third kappa shape index (κ3) is 1.14. The lowest BCUT2D eigenvalue weighted by molar-refractivity contribution is -0.346. The molecule has 0 bridgehead atoms. The van der Waals surface area contributed by atoms with Gasteiger partial charge in [-0.1, -0.05) is 13.8 Å². The maximum atomic E-state index is 9.77. The molecule has 13 heavy (non-hydrogen) atoms. The number of rotatable bonds is 1. The van der Waals surface area contributed by atoms with Crippen LogP contribution in [0.2, 0.25) is 0 Å². The molecule has 0 spiro atoms. The van der Waals surface area contributed by atoms with Gasteiger partial charge in [0.1, 0.15) is 5.60 Å². The van der Waals surface area contributed by atoms with Crippen LogP contribution in [0.15, 0.2) is 0 Å². The molecule has 2 aliphatic rings.